The molecule has 0 bridgehead atoms. The maximum absolute atomic E-state index is 4.64. The molecule has 12 heavy (non-hydrogen) atoms. The summed E-state index contributed by atoms with van der Waals surface area (Å²) < 4.78 is 4.64. The van der Waals surface area contributed by atoms with Crippen molar-refractivity contribution in [3.05, 3.63) is 12.2 Å². The highest BCUT2D eigenvalue weighted by Gasteiger charge is 2.22. The van der Waals surface area contributed by atoms with Crippen LogP contribution in [-0.4, -0.2) is 41.2 Å². The zero-order valence-corrected chi connectivity index (χ0v) is 7.03. The van der Waals surface area contributed by atoms with Gasteiger partial charge in [0.1, 0.15) is 0 Å². The van der Waals surface area contributed by atoms with Crippen molar-refractivity contribution in [3.63, 3.8) is 0 Å². The molecule has 0 spiro atoms. The summed E-state index contributed by atoms with van der Waals surface area (Å²) in [6.07, 6.45) is 1.36. The number of rotatable bonds is 3. The maximum atomic E-state index is 4.64. The Kier molecular flexibility index (Phi) is 2.05. The number of hydrogen-bond donors (Lipinski definition) is 1. The van der Waals surface area contributed by atoms with Crippen molar-refractivity contribution >= 4 is 0 Å². The molecule has 0 unspecified atom stereocenters. The van der Waals surface area contributed by atoms with E-state index in [9.17, 15) is 0 Å². The van der Waals surface area contributed by atoms with Crippen molar-refractivity contribution in [3.8, 4) is 0 Å². The van der Waals surface area contributed by atoms with Gasteiger partial charge in [-0.15, -0.1) is 0 Å². The van der Waals surface area contributed by atoms with Gasteiger partial charge in [0.25, 0.3) is 0 Å². The van der Waals surface area contributed by atoms with Gasteiger partial charge in [0.2, 0.25) is 6.39 Å². The fraction of sp³-hybridized carbons (Fsp3) is 0.714. The van der Waals surface area contributed by atoms with Gasteiger partial charge in [0, 0.05) is 19.1 Å². The van der Waals surface area contributed by atoms with Crippen molar-refractivity contribution in [1.82, 2.24) is 20.4 Å². The lowest BCUT2D eigenvalue weighted by Gasteiger charge is -2.34. The zero-order chi connectivity index (χ0) is 8.39. The van der Waals surface area contributed by atoms with Crippen LogP contribution in [-0.2, 0) is 6.54 Å². The number of aromatic nitrogens is 2. The third-order valence-electron chi connectivity index (χ3n) is 2.18. The standard InChI is InChI=1S/C7H12N4O/c1-11(6-2-8-3-6)4-7-9-5-12-10-7/h5-6,8H,2-4H2,1H3. The summed E-state index contributed by atoms with van der Waals surface area (Å²) in [5.41, 5.74) is 0. The predicted molar refractivity (Wildman–Crippen MR) is 42.4 cm³/mol. The maximum Gasteiger partial charge on any atom is 0.213 e. The van der Waals surface area contributed by atoms with Gasteiger partial charge in [-0.25, -0.2) is 0 Å². The molecule has 1 N–H and O–H groups in total. The van der Waals surface area contributed by atoms with Crippen molar-refractivity contribution in [2.75, 3.05) is 20.1 Å². The molecule has 0 amide bonds. The molecule has 0 saturated carbocycles. The first-order valence-corrected chi connectivity index (χ1v) is 4.02. The fourth-order valence-electron chi connectivity index (χ4n) is 1.20. The Hall–Kier alpha value is -0.940. The molecule has 1 fully saturated rings. The van der Waals surface area contributed by atoms with E-state index >= 15 is 0 Å². The first kappa shape index (κ1) is 7.70. The Morgan fingerprint density at radius 2 is 2.58 bits per heavy atom. The lowest BCUT2D eigenvalue weighted by atomic mass is 10.1. The van der Waals surface area contributed by atoms with Crippen molar-refractivity contribution in [2.45, 2.75) is 12.6 Å². The Labute approximate surface area is 70.7 Å². The normalized spacial score (nSPS) is 18.2. The highest BCUT2D eigenvalue weighted by Crippen LogP contribution is 2.05. The molecule has 2 heterocycles. The van der Waals surface area contributed by atoms with Gasteiger partial charge in [-0.05, 0) is 7.05 Å². The molecule has 1 aliphatic heterocycles. The number of hydrogen-bond acceptors (Lipinski definition) is 5. The van der Waals surface area contributed by atoms with E-state index in [0.717, 1.165) is 25.5 Å². The summed E-state index contributed by atoms with van der Waals surface area (Å²) in [5, 5.41) is 6.96. The van der Waals surface area contributed by atoms with Gasteiger partial charge >= 0.3 is 0 Å². The molecule has 5 heteroatoms. The minimum absolute atomic E-state index is 0.628. The van der Waals surface area contributed by atoms with Crippen LogP contribution in [0.5, 0.6) is 0 Å². The van der Waals surface area contributed by atoms with E-state index in [1.54, 1.807) is 0 Å². The molecule has 1 aliphatic rings. The van der Waals surface area contributed by atoms with Crippen LogP contribution >= 0.6 is 0 Å². The van der Waals surface area contributed by atoms with E-state index in [0.29, 0.717) is 6.04 Å². The topological polar surface area (TPSA) is 54.2 Å². The average Bonchev–Trinajstić information content (AvgIpc) is 2.34. The number of nitrogens with zero attached hydrogens (tertiary/aromatic N) is 3. The SMILES string of the molecule is CN(Cc1ncon1)C1CNC1. The summed E-state index contributed by atoms with van der Waals surface area (Å²) in [5.74, 6) is 0.754. The van der Waals surface area contributed by atoms with Crippen LogP contribution in [0.1, 0.15) is 5.82 Å². The fourth-order valence-corrected chi connectivity index (χ4v) is 1.20. The van der Waals surface area contributed by atoms with Gasteiger partial charge in [-0.3, -0.25) is 4.90 Å². The first-order chi connectivity index (χ1) is 5.86. The zero-order valence-electron chi connectivity index (χ0n) is 7.03. The molecule has 0 aromatic carbocycles. The highest BCUT2D eigenvalue weighted by atomic mass is 16.5. The van der Waals surface area contributed by atoms with E-state index in [1.165, 1.54) is 6.39 Å². The third kappa shape index (κ3) is 1.46. The molecule has 0 atom stereocenters. The van der Waals surface area contributed by atoms with Gasteiger partial charge in [0.15, 0.2) is 5.82 Å². The Balaban J connectivity index is 1.86. The minimum Gasteiger partial charge on any atom is -0.343 e. The Morgan fingerprint density at radius 3 is 3.08 bits per heavy atom. The van der Waals surface area contributed by atoms with Gasteiger partial charge in [-0.1, -0.05) is 5.16 Å². The molecule has 5 nitrogen and oxygen atoms in total. The smallest absolute Gasteiger partial charge is 0.213 e. The van der Waals surface area contributed by atoms with E-state index in [1.807, 2.05) is 0 Å². The van der Waals surface area contributed by atoms with Crippen LogP contribution in [0.2, 0.25) is 0 Å². The van der Waals surface area contributed by atoms with Crippen LogP contribution in [0.4, 0.5) is 0 Å². The van der Waals surface area contributed by atoms with Crippen molar-refractivity contribution in [2.24, 2.45) is 0 Å². The molecular formula is C7H12N4O. The van der Waals surface area contributed by atoms with Crippen molar-refractivity contribution < 1.29 is 4.52 Å². The molecule has 2 rings (SSSR count). The second kappa shape index (κ2) is 3.20. The summed E-state index contributed by atoms with van der Waals surface area (Å²) in [6.45, 7) is 2.89. The summed E-state index contributed by atoms with van der Waals surface area (Å²) >= 11 is 0. The largest absolute Gasteiger partial charge is 0.343 e. The van der Waals surface area contributed by atoms with E-state index in [2.05, 4.69) is 31.9 Å². The van der Waals surface area contributed by atoms with Crippen LogP contribution in [0.3, 0.4) is 0 Å². The molecule has 66 valence electrons. The Morgan fingerprint density at radius 1 is 1.75 bits per heavy atom. The van der Waals surface area contributed by atoms with E-state index < -0.39 is 0 Å². The lowest BCUT2D eigenvalue weighted by Crippen LogP contribution is -2.55. The van der Waals surface area contributed by atoms with Crippen LogP contribution in [0.25, 0.3) is 0 Å². The van der Waals surface area contributed by atoms with Crippen LogP contribution in [0.15, 0.2) is 10.9 Å². The summed E-state index contributed by atoms with van der Waals surface area (Å²) in [4.78, 5) is 6.18. The second-order valence-corrected chi connectivity index (χ2v) is 3.07. The van der Waals surface area contributed by atoms with E-state index in [-0.39, 0.29) is 0 Å². The number of likely N-dealkylation sites (N-methyl/N-ethyl adjacent to an activating group) is 1. The quantitative estimate of drug-likeness (QED) is 0.657. The van der Waals surface area contributed by atoms with Gasteiger partial charge in [-0.2, -0.15) is 4.98 Å². The van der Waals surface area contributed by atoms with Crippen LogP contribution < -0.4 is 5.32 Å². The van der Waals surface area contributed by atoms with Crippen molar-refractivity contribution in [1.29, 1.82) is 0 Å². The molecule has 1 aromatic heterocycles. The van der Waals surface area contributed by atoms with Gasteiger partial charge < -0.3 is 9.84 Å². The molecule has 1 aromatic rings. The summed E-state index contributed by atoms with van der Waals surface area (Å²) in [7, 11) is 2.07. The van der Waals surface area contributed by atoms with Gasteiger partial charge in [0.05, 0.1) is 6.54 Å². The average molecular weight is 168 g/mol. The molecular weight excluding hydrogens is 156 g/mol. The second-order valence-electron chi connectivity index (χ2n) is 3.07. The van der Waals surface area contributed by atoms with E-state index in [4.69, 9.17) is 0 Å². The predicted octanol–water partition coefficient (Wildman–Crippen LogP) is -0.527. The highest BCUT2D eigenvalue weighted by molar-refractivity contribution is 4.86. The van der Waals surface area contributed by atoms with Crippen LogP contribution in [0, 0.1) is 0 Å². The number of nitrogens with one attached hydrogen (secondary N) is 1. The molecule has 0 radical (unpaired) electrons. The Bertz CT molecular complexity index is 232. The molecule has 0 aliphatic carbocycles. The molecule has 1 saturated heterocycles. The third-order valence-corrected chi connectivity index (χ3v) is 2.18. The minimum atomic E-state index is 0.628. The first-order valence-electron chi connectivity index (χ1n) is 4.02. The monoisotopic (exact) mass is 168 g/mol. The summed E-state index contributed by atoms with van der Waals surface area (Å²) in [6, 6.07) is 0.628. The lowest BCUT2D eigenvalue weighted by molar-refractivity contribution is 0.168.